The predicted octanol–water partition coefficient (Wildman–Crippen LogP) is 3.26. The molecule has 2 aliphatic heterocycles. The summed E-state index contributed by atoms with van der Waals surface area (Å²) in [6.07, 6.45) is 1.03. The molecule has 4 heteroatoms. The summed E-state index contributed by atoms with van der Waals surface area (Å²) in [5.74, 6) is 1.80. The van der Waals surface area contributed by atoms with Gasteiger partial charge in [-0.15, -0.1) is 0 Å². The molecule has 0 saturated carbocycles. The molecule has 1 N–H and O–H groups in total. The molecule has 2 aliphatic rings. The van der Waals surface area contributed by atoms with Crippen molar-refractivity contribution < 1.29 is 14.3 Å². The fourth-order valence-corrected chi connectivity index (χ4v) is 2.66. The number of rotatable bonds is 1. The molecule has 0 aliphatic carbocycles. The first-order valence-corrected chi connectivity index (χ1v) is 7.93. The summed E-state index contributed by atoms with van der Waals surface area (Å²) in [4.78, 5) is 11.2. The van der Waals surface area contributed by atoms with E-state index in [1.165, 1.54) is 11.1 Å². The molecule has 0 radical (unpaired) electrons. The van der Waals surface area contributed by atoms with E-state index >= 15 is 0 Å². The van der Waals surface area contributed by atoms with E-state index in [9.17, 15) is 4.79 Å². The van der Waals surface area contributed by atoms with Crippen LogP contribution in [-0.2, 0) is 13.0 Å². The summed E-state index contributed by atoms with van der Waals surface area (Å²) in [6.45, 7) is 6.18. The summed E-state index contributed by atoms with van der Waals surface area (Å²) < 4.78 is 10.7. The first kappa shape index (κ1) is 15.4. The maximum absolute atomic E-state index is 11.2. The smallest absolute Gasteiger partial charge is 0.251 e. The number of ether oxygens (including phenoxy) is 2. The molecule has 0 fully saturated rings. The van der Waals surface area contributed by atoms with Gasteiger partial charge in [-0.1, -0.05) is 25.1 Å². The highest BCUT2D eigenvalue weighted by Gasteiger charge is 2.17. The summed E-state index contributed by atoms with van der Waals surface area (Å²) in [6, 6.07) is 12.0. The SMILES string of the molecule is CCc1ccc2c(c1)CNC2=O.Cc1ccc2c(c1)OCCO2. The second-order valence-electron chi connectivity index (χ2n) is 5.67. The molecule has 2 aromatic rings. The lowest BCUT2D eigenvalue weighted by atomic mass is 10.0. The van der Waals surface area contributed by atoms with Gasteiger partial charge in [0.05, 0.1) is 0 Å². The van der Waals surface area contributed by atoms with E-state index in [4.69, 9.17) is 9.47 Å². The van der Waals surface area contributed by atoms with Gasteiger partial charge >= 0.3 is 0 Å². The van der Waals surface area contributed by atoms with Crippen molar-refractivity contribution in [1.82, 2.24) is 5.32 Å². The van der Waals surface area contributed by atoms with E-state index in [1.807, 2.05) is 37.3 Å². The minimum Gasteiger partial charge on any atom is -0.486 e. The van der Waals surface area contributed by atoms with Crippen LogP contribution in [0.4, 0.5) is 0 Å². The van der Waals surface area contributed by atoms with Gasteiger partial charge in [-0.3, -0.25) is 4.79 Å². The van der Waals surface area contributed by atoms with Crippen LogP contribution in [-0.4, -0.2) is 19.1 Å². The number of benzene rings is 2. The minimum absolute atomic E-state index is 0.0626. The van der Waals surface area contributed by atoms with Crippen molar-refractivity contribution in [2.24, 2.45) is 0 Å². The summed E-state index contributed by atoms with van der Waals surface area (Å²) in [7, 11) is 0. The number of hydrogen-bond acceptors (Lipinski definition) is 3. The number of carbonyl (C=O) groups is 1. The summed E-state index contributed by atoms with van der Waals surface area (Å²) in [5, 5.41) is 2.80. The molecule has 23 heavy (non-hydrogen) atoms. The molecule has 0 bridgehead atoms. The third kappa shape index (κ3) is 3.47. The first-order chi connectivity index (χ1) is 11.2. The van der Waals surface area contributed by atoms with Gasteiger partial charge in [0.15, 0.2) is 11.5 Å². The van der Waals surface area contributed by atoms with E-state index in [1.54, 1.807) is 0 Å². The van der Waals surface area contributed by atoms with Crippen LogP contribution in [0.1, 0.15) is 34.0 Å². The Morgan fingerprint density at radius 2 is 1.83 bits per heavy atom. The Kier molecular flexibility index (Phi) is 4.51. The Balaban J connectivity index is 0.000000136. The number of nitrogens with one attached hydrogen (secondary N) is 1. The molecular formula is C19H21NO3. The van der Waals surface area contributed by atoms with Crippen LogP contribution in [0.25, 0.3) is 0 Å². The fourth-order valence-electron chi connectivity index (χ4n) is 2.66. The topological polar surface area (TPSA) is 47.6 Å². The molecular weight excluding hydrogens is 290 g/mol. The van der Waals surface area contributed by atoms with Crippen molar-refractivity contribution >= 4 is 5.91 Å². The van der Waals surface area contributed by atoms with E-state index in [0.29, 0.717) is 19.8 Å². The van der Waals surface area contributed by atoms with Gasteiger partial charge in [0, 0.05) is 12.1 Å². The second kappa shape index (κ2) is 6.73. The lowest BCUT2D eigenvalue weighted by Gasteiger charge is -2.18. The standard InChI is InChI=1S/C10H11NO.C9H10O2/c1-2-7-3-4-9-8(5-7)6-11-10(9)12;1-7-2-3-8-9(6-7)11-5-4-10-8/h3-5H,2,6H2,1H3,(H,11,12);2-3,6H,4-5H2,1H3. The monoisotopic (exact) mass is 311 g/mol. The van der Waals surface area contributed by atoms with E-state index < -0.39 is 0 Å². The van der Waals surface area contributed by atoms with E-state index in [-0.39, 0.29) is 5.91 Å². The Hall–Kier alpha value is -2.49. The lowest BCUT2D eigenvalue weighted by molar-refractivity contribution is 0.0966. The number of aryl methyl sites for hydroxylation is 2. The van der Waals surface area contributed by atoms with Gasteiger partial charge in [0.1, 0.15) is 13.2 Å². The van der Waals surface area contributed by atoms with Crippen molar-refractivity contribution in [3.8, 4) is 11.5 Å². The van der Waals surface area contributed by atoms with Crippen molar-refractivity contribution in [3.05, 3.63) is 58.7 Å². The maximum Gasteiger partial charge on any atom is 0.251 e. The highest BCUT2D eigenvalue weighted by Crippen LogP contribution is 2.30. The zero-order chi connectivity index (χ0) is 16.2. The van der Waals surface area contributed by atoms with Crippen LogP contribution in [0.5, 0.6) is 11.5 Å². The molecule has 4 rings (SSSR count). The zero-order valence-corrected chi connectivity index (χ0v) is 13.5. The van der Waals surface area contributed by atoms with Crippen molar-refractivity contribution in [2.75, 3.05) is 13.2 Å². The van der Waals surface area contributed by atoms with Gasteiger partial charge in [-0.2, -0.15) is 0 Å². The van der Waals surface area contributed by atoms with Gasteiger partial charge in [-0.25, -0.2) is 0 Å². The first-order valence-electron chi connectivity index (χ1n) is 7.93. The maximum atomic E-state index is 11.2. The summed E-state index contributed by atoms with van der Waals surface area (Å²) in [5.41, 5.74) is 4.48. The van der Waals surface area contributed by atoms with E-state index in [2.05, 4.69) is 18.3 Å². The number of amides is 1. The highest BCUT2D eigenvalue weighted by atomic mass is 16.6. The van der Waals surface area contributed by atoms with Crippen LogP contribution in [0.2, 0.25) is 0 Å². The largest absolute Gasteiger partial charge is 0.486 e. The number of hydrogen-bond donors (Lipinski definition) is 1. The molecule has 4 nitrogen and oxygen atoms in total. The number of fused-ring (bicyclic) bond motifs is 2. The van der Waals surface area contributed by atoms with E-state index in [0.717, 1.165) is 29.0 Å². The van der Waals surface area contributed by atoms with Gasteiger partial charge in [0.25, 0.3) is 5.91 Å². The van der Waals surface area contributed by atoms with Crippen LogP contribution < -0.4 is 14.8 Å². The fraction of sp³-hybridized carbons (Fsp3) is 0.316. The quantitative estimate of drug-likeness (QED) is 0.879. The molecule has 120 valence electrons. The van der Waals surface area contributed by atoms with Crippen LogP contribution in [0.3, 0.4) is 0 Å². The van der Waals surface area contributed by atoms with Crippen molar-refractivity contribution in [1.29, 1.82) is 0 Å². The molecule has 2 heterocycles. The molecule has 0 aromatic heterocycles. The molecule has 2 aromatic carbocycles. The van der Waals surface area contributed by atoms with Crippen LogP contribution in [0.15, 0.2) is 36.4 Å². The normalized spacial score (nSPS) is 14.4. The highest BCUT2D eigenvalue weighted by molar-refractivity contribution is 5.98. The molecule has 1 amide bonds. The average molecular weight is 311 g/mol. The number of carbonyl (C=O) groups excluding carboxylic acids is 1. The average Bonchev–Trinajstić information content (AvgIpc) is 2.96. The van der Waals surface area contributed by atoms with Gasteiger partial charge in [-0.05, 0) is 48.2 Å². The van der Waals surface area contributed by atoms with Crippen molar-refractivity contribution in [3.63, 3.8) is 0 Å². The Labute approximate surface area is 136 Å². The third-order valence-electron chi connectivity index (χ3n) is 3.96. The third-order valence-corrected chi connectivity index (χ3v) is 3.96. The molecule has 0 saturated heterocycles. The predicted molar refractivity (Wildman–Crippen MR) is 89.2 cm³/mol. The Morgan fingerprint density at radius 3 is 2.61 bits per heavy atom. The molecule has 0 unspecified atom stereocenters. The van der Waals surface area contributed by atoms with Crippen LogP contribution in [0, 0.1) is 6.92 Å². The van der Waals surface area contributed by atoms with Crippen LogP contribution >= 0.6 is 0 Å². The van der Waals surface area contributed by atoms with Crippen molar-refractivity contribution in [2.45, 2.75) is 26.8 Å². The van der Waals surface area contributed by atoms with Gasteiger partial charge < -0.3 is 14.8 Å². The molecule has 0 spiro atoms. The lowest BCUT2D eigenvalue weighted by Crippen LogP contribution is -2.15. The second-order valence-corrected chi connectivity index (χ2v) is 5.67. The van der Waals surface area contributed by atoms with Gasteiger partial charge in [0.2, 0.25) is 0 Å². The summed E-state index contributed by atoms with van der Waals surface area (Å²) >= 11 is 0. The Bertz CT molecular complexity index is 725. The Morgan fingerprint density at radius 1 is 1.04 bits per heavy atom. The minimum atomic E-state index is 0.0626. The zero-order valence-electron chi connectivity index (χ0n) is 13.5. The molecule has 0 atom stereocenters.